The highest BCUT2D eigenvalue weighted by atomic mass is 16.5. The van der Waals surface area contributed by atoms with Gasteiger partial charge in [-0.1, -0.05) is 25.5 Å². The first kappa shape index (κ1) is 13.1. The van der Waals surface area contributed by atoms with Crippen molar-refractivity contribution in [1.29, 1.82) is 0 Å². The predicted molar refractivity (Wildman–Crippen MR) is 73.2 cm³/mol. The zero-order valence-corrected chi connectivity index (χ0v) is 11.3. The molecule has 2 nitrogen and oxygen atoms in total. The monoisotopic (exact) mass is 246 g/mol. The Kier molecular flexibility index (Phi) is 4.40. The first-order valence-electron chi connectivity index (χ1n) is 6.96. The van der Waals surface area contributed by atoms with Crippen molar-refractivity contribution in [2.75, 3.05) is 0 Å². The van der Waals surface area contributed by atoms with Gasteiger partial charge in [0.25, 0.3) is 0 Å². The minimum Gasteiger partial charge on any atom is -0.489 e. The number of aldehydes is 1. The average Bonchev–Trinajstić information content (AvgIpc) is 2.42. The van der Waals surface area contributed by atoms with Crippen LogP contribution in [0, 0.1) is 12.8 Å². The smallest absolute Gasteiger partial charge is 0.153 e. The van der Waals surface area contributed by atoms with Crippen LogP contribution in [0.3, 0.4) is 0 Å². The maximum atomic E-state index is 11.0. The summed E-state index contributed by atoms with van der Waals surface area (Å²) in [7, 11) is 0. The van der Waals surface area contributed by atoms with E-state index in [-0.39, 0.29) is 6.10 Å². The first-order valence-corrected chi connectivity index (χ1v) is 6.96. The normalized spacial score (nSPS) is 23.7. The predicted octanol–water partition coefficient (Wildman–Crippen LogP) is 4.16. The summed E-state index contributed by atoms with van der Waals surface area (Å²) in [4.78, 5) is 11.0. The fraction of sp³-hybridized carbons (Fsp3) is 0.562. The molecule has 0 spiro atoms. The summed E-state index contributed by atoms with van der Waals surface area (Å²) in [5, 5.41) is 0. The minimum atomic E-state index is 0.285. The van der Waals surface area contributed by atoms with Crippen molar-refractivity contribution in [2.45, 2.75) is 52.1 Å². The Morgan fingerprint density at radius 1 is 1.28 bits per heavy atom. The Balaban J connectivity index is 2.04. The van der Waals surface area contributed by atoms with E-state index in [1.54, 1.807) is 0 Å². The van der Waals surface area contributed by atoms with Crippen LogP contribution in [-0.4, -0.2) is 12.4 Å². The molecular weight excluding hydrogens is 224 g/mol. The second-order valence-corrected chi connectivity index (χ2v) is 5.28. The number of hydrogen-bond acceptors (Lipinski definition) is 2. The minimum absolute atomic E-state index is 0.285. The molecule has 0 N–H and O–H groups in total. The number of aryl methyl sites for hydroxylation is 1. The molecular formula is C16H22O2. The van der Waals surface area contributed by atoms with Crippen LogP contribution in [0.5, 0.6) is 5.75 Å². The third-order valence-electron chi connectivity index (χ3n) is 4.02. The summed E-state index contributed by atoms with van der Waals surface area (Å²) < 4.78 is 6.07. The third-order valence-corrected chi connectivity index (χ3v) is 4.02. The largest absolute Gasteiger partial charge is 0.489 e. The molecule has 0 saturated heterocycles. The molecule has 1 aromatic carbocycles. The fourth-order valence-electron chi connectivity index (χ4n) is 2.75. The Bertz CT molecular complexity index is 404. The van der Waals surface area contributed by atoms with Gasteiger partial charge in [-0.05, 0) is 50.2 Å². The van der Waals surface area contributed by atoms with Crippen LogP contribution >= 0.6 is 0 Å². The van der Waals surface area contributed by atoms with Gasteiger partial charge in [-0.3, -0.25) is 4.79 Å². The Labute approximate surface area is 109 Å². The highest BCUT2D eigenvalue weighted by Crippen LogP contribution is 2.31. The lowest BCUT2D eigenvalue weighted by atomic mass is 9.86. The summed E-state index contributed by atoms with van der Waals surface area (Å²) >= 11 is 0. The number of rotatable bonds is 4. The molecule has 0 unspecified atom stereocenters. The van der Waals surface area contributed by atoms with E-state index >= 15 is 0 Å². The first-order chi connectivity index (χ1) is 8.74. The molecule has 18 heavy (non-hydrogen) atoms. The van der Waals surface area contributed by atoms with Gasteiger partial charge in [-0.2, -0.15) is 0 Å². The standard InChI is InChI=1S/C16H22O2/c1-3-13-7-9-15(10-8-13)18-16-12(2)5-4-6-14(16)11-17/h4-6,11,13,15H,3,7-10H2,1-2H3. The molecule has 2 heteroatoms. The zero-order chi connectivity index (χ0) is 13.0. The lowest BCUT2D eigenvalue weighted by molar-refractivity contribution is 0.109. The Morgan fingerprint density at radius 2 is 2.00 bits per heavy atom. The lowest BCUT2D eigenvalue weighted by Crippen LogP contribution is -2.24. The maximum Gasteiger partial charge on any atom is 0.153 e. The molecule has 1 aromatic rings. The van der Waals surface area contributed by atoms with Gasteiger partial charge in [-0.25, -0.2) is 0 Å². The van der Waals surface area contributed by atoms with Crippen LogP contribution in [0.2, 0.25) is 0 Å². The zero-order valence-electron chi connectivity index (χ0n) is 11.3. The van der Waals surface area contributed by atoms with Crippen LogP contribution in [0.25, 0.3) is 0 Å². The van der Waals surface area contributed by atoms with Crippen molar-refractivity contribution in [3.8, 4) is 5.75 Å². The van der Waals surface area contributed by atoms with Gasteiger partial charge >= 0.3 is 0 Å². The summed E-state index contributed by atoms with van der Waals surface area (Å²) in [6.45, 7) is 4.26. The lowest BCUT2D eigenvalue weighted by Gasteiger charge is -2.29. The average molecular weight is 246 g/mol. The summed E-state index contributed by atoms with van der Waals surface area (Å²) in [5.74, 6) is 1.65. The van der Waals surface area contributed by atoms with Crippen LogP contribution in [0.1, 0.15) is 54.9 Å². The topological polar surface area (TPSA) is 26.3 Å². The van der Waals surface area contributed by atoms with E-state index in [0.29, 0.717) is 5.56 Å². The van der Waals surface area contributed by atoms with Crippen molar-refractivity contribution in [3.63, 3.8) is 0 Å². The van der Waals surface area contributed by atoms with Gasteiger partial charge < -0.3 is 4.74 Å². The van der Waals surface area contributed by atoms with Crippen LogP contribution in [0.15, 0.2) is 18.2 Å². The quantitative estimate of drug-likeness (QED) is 0.746. The van der Waals surface area contributed by atoms with Gasteiger partial charge in [0, 0.05) is 0 Å². The molecule has 0 amide bonds. The van der Waals surface area contributed by atoms with Crippen molar-refractivity contribution in [2.24, 2.45) is 5.92 Å². The molecule has 1 fully saturated rings. The second-order valence-electron chi connectivity index (χ2n) is 5.28. The van der Waals surface area contributed by atoms with E-state index in [0.717, 1.165) is 36.4 Å². The number of ether oxygens (including phenoxy) is 1. The molecule has 0 bridgehead atoms. The molecule has 0 heterocycles. The highest BCUT2D eigenvalue weighted by Gasteiger charge is 2.22. The molecule has 1 aliphatic rings. The maximum absolute atomic E-state index is 11.0. The van der Waals surface area contributed by atoms with Gasteiger partial charge in [0.15, 0.2) is 6.29 Å². The molecule has 0 aliphatic heterocycles. The Morgan fingerprint density at radius 3 is 2.61 bits per heavy atom. The van der Waals surface area contributed by atoms with Crippen molar-refractivity contribution in [1.82, 2.24) is 0 Å². The van der Waals surface area contributed by atoms with Gasteiger partial charge in [0.2, 0.25) is 0 Å². The van der Waals surface area contributed by atoms with Crippen molar-refractivity contribution in [3.05, 3.63) is 29.3 Å². The van der Waals surface area contributed by atoms with E-state index < -0.39 is 0 Å². The molecule has 2 rings (SSSR count). The molecule has 0 radical (unpaired) electrons. The fourth-order valence-corrected chi connectivity index (χ4v) is 2.75. The molecule has 98 valence electrons. The second kappa shape index (κ2) is 6.03. The van der Waals surface area contributed by atoms with E-state index in [1.165, 1.54) is 19.3 Å². The summed E-state index contributed by atoms with van der Waals surface area (Å²) in [6.07, 6.45) is 7.19. The van der Waals surface area contributed by atoms with Crippen LogP contribution < -0.4 is 4.74 Å². The van der Waals surface area contributed by atoms with Gasteiger partial charge in [0.05, 0.1) is 11.7 Å². The summed E-state index contributed by atoms with van der Waals surface area (Å²) in [6, 6.07) is 5.73. The van der Waals surface area contributed by atoms with Crippen LogP contribution in [-0.2, 0) is 0 Å². The number of carbonyl (C=O) groups is 1. The van der Waals surface area contributed by atoms with E-state index in [2.05, 4.69) is 6.92 Å². The third kappa shape index (κ3) is 2.92. The molecule has 0 aromatic heterocycles. The van der Waals surface area contributed by atoms with Gasteiger partial charge in [0.1, 0.15) is 5.75 Å². The van der Waals surface area contributed by atoms with Crippen molar-refractivity contribution >= 4 is 6.29 Å². The number of hydrogen-bond donors (Lipinski definition) is 0. The van der Waals surface area contributed by atoms with Crippen LogP contribution in [0.4, 0.5) is 0 Å². The van der Waals surface area contributed by atoms with E-state index in [9.17, 15) is 4.79 Å². The highest BCUT2D eigenvalue weighted by molar-refractivity contribution is 5.80. The number of para-hydroxylation sites is 1. The van der Waals surface area contributed by atoms with E-state index in [4.69, 9.17) is 4.74 Å². The van der Waals surface area contributed by atoms with E-state index in [1.807, 2.05) is 25.1 Å². The SMILES string of the molecule is CCC1CCC(Oc2c(C)cccc2C=O)CC1. The molecule has 0 atom stereocenters. The molecule has 1 saturated carbocycles. The van der Waals surface area contributed by atoms with Gasteiger partial charge in [-0.15, -0.1) is 0 Å². The number of benzene rings is 1. The summed E-state index contributed by atoms with van der Waals surface area (Å²) in [5.41, 5.74) is 1.73. The van der Waals surface area contributed by atoms with Crippen molar-refractivity contribution < 1.29 is 9.53 Å². The number of carbonyl (C=O) groups excluding carboxylic acids is 1. The Hall–Kier alpha value is -1.31. The molecule has 1 aliphatic carbocycles.